The van der Waals surface area contributed by atoms with Gasteiger partial charge in [0.15, 0.2) is 6.10 Å². The van der Waals surface area contributed by atoms with Gasteiger partial charge in [0, 0.05) is 10.5 Å². The lowest BCUT2D eigenvalue weighted by Crippen LogP contribution is -2.11. The molecule has 0 unspecified atom stereocenters. The van der Waals surface area contributed by atoms with E-state index < -0.39 is 6.10 Å². The van der Waals surface area contributed by atoms with Crippen molar-refractivity contribution in [2.45, 2.75) is 17.9 Å². The van der Waals surface area contributed by atoms with Crippen LogP contribution in [0.25, 0.3) is 11.5 Å². The van der Waals surface area contributed by atoms with Crippen LogP contribution < -0.4 is 0 Å². The largest absolute Gasteiger partial charge is 0.452 e. The van der Waals surface area contributed by atoms with Crippen LogP contribution in [-0.2, 0) is 9.53 Å². The van der Waals surface area contributed by atoms with Crippen molar-refractivity contribution in [2.75, 3.05) is 5.75 Å². The minimum absolute atomic E-state index is 0.188. The average Bonchev–Trinajstić information content (AvgIpc) is 3.12. The number of hydrogen-bond acceptors (Lipinski definition) is 6. The smallest absolute Gasteiger partial charge is 0.317 e. The van der Waals surface area contributed by atoms with E-state index in [2.05, 4.69) is 10.2 Å². The maximum Gasteiger partial charge on any atom is 0.317 e. The molecule has 0 amide bonds. The van der Waals surface area contributed by atoms with E-state index in [1.165, 1.54) is 23.9 Å². The molecule has 1 aromatic heterocycles. The van der Waals surface area contributed by atoms with Crippen LogP contribution in [0, 0.1) is 5.82 Å². The van der Waals surface area contributed by atoms with Gasteiger partial charge in [0.2, 0.25) is 5.89 Å². The fourth-order valence-electron chi connectivity index (χ4n) is 2.05. The van der Waals surface area contributed by atoms with E-state index in [0.29, 0.717) is 5.56 Å². The van der Waals surface area contributed by atoms with Gasteiger partial charge in [-0.2, -0.15) is 0 Å². The lowest BCUT2D eigenvalue weighted by Gasteiger charge is -2.09. The number of carbonyl (C=O) groups is 1. The van der Waals surface area contributed by atoms with Gasteiger partial charge in [-0.15, -0.1) is 22.0 Å². The molecule has 0 aliphatic heterocycles. The number of hydrogen-bond donors (Lipinski definition) is 0. The Labute approximate surface area is 148 Å². The normalized spacial score (nSPS) is 11.9. The van der Waals surface area contributed by atoms with Crippen LogP contribution in [0.2, 0.25) is 0 Å². The summed E-state index contributed by atoms with van der Waals surface area (Å²) in [7, 11) is 0. The molecule has 0 N–H and O–H groups in total. The van der Waals surface area contributed by atoms with Crippen LogP contribution in [0.5, 0.6) is 0 Å². The Morgan fingerprint density at radius 2 is 1.88 bits per heavy atom. The minimum Gasteiger partial charge on any atom is -0.452 e. The van der Waals surface area contributed by atoms with Crippen LogP contribution >= 0.6 is 11.8 Å². The molecule has 3 rings (SSSR count). The van der Waals surface area contributed by atoms with E-state index in [0.717, 1.165) is 4.90 Å². The van der Waals surface area contributed by atoms with Gasteiger partial charge in [0.25, 0.3) is 5.89 Å². The van der Waals surface area contributed by atoms with Crippen molar-refractivity contribution in [2.24, 2.45) is 0 Å². The van der Waals surface area contributed by atoms with Crippen molar-refractivity contribution in [3.8, 4) is 11.5 Å². The zero-order chi connectivity index (χ0) is 17.6. The van der Waals surface area contributed by atoms with Crippen molar-refractivity contribution in [3.05, 3.63) is 66.3 Å². The number of halogens is 1. The van der Waals surface area contributed by atoms with Gasteiger partial charge < -0.3 is 9.15 Å². The maximum atomic E-state index is 12.9. The predicted molar refractivity (Wildman–Crippen MR) is 91.4 cm³/mol. The van der Waals surface area contributed by atoms with Gasteiger partial charge in [0.1, 0.15) is 5.82 Å². The highest BCUT2D eigenvalue weighted by Gasteiger charge is 2.19. The third kappa shape index (κ3) is 4.67. The monoisotopic (exact) mass is 358 g/mol. The summed E-state index contributed by atoms with van der Waals surface area (Å²) in [6.45, 7) is 1.66. The molecule has 0 radical (unpaired) electrons. The Hall–Kier alpha value is -2.67. The highest BCUT2D eigenvalue weighted by molar-refractivity contribution is 8.00. The number of carbonyl (C=O) groups excluding carboxylic acids is 1. The summed E-state index contributed by atoms with van der Waals surface area (Å²) in [5.74, 6) is -0.0913. The van der Waals surface area contributed by atoms with E-state index in [9.17, 15) is 9.18 Å². The van der Waals surface area contributed by atoms with Crippen LogP contribution in [0.3, 0.4) is 0 Å². The quantitative estimate of drug-likeness (QED) is 0.484. The molecular formula is C18H15FN2O3S. The van der Waals surface area contributed by atoms with E-state index in [-0.39, 0.29) is 29.3 Å². The van der Waals surface area contributed by atoms with Gasteiger partial charge in [-0.3, -0.25) is 4.79 Å². The molecule has 0 fully saturated rings. The second kappa shape index (κ2) is 7.94. The molecule has 5 nitrogen and oxygen atoms in total. The molecule has 7 heteroatoms. The van der Waals surface area contributed by atoms with Gasteiger partial charge in [-0.05, 0) is 43.3 Å². The first kappa shape index (κ1) is 17.2. The second-order valence-electron chi connectivity index (χ2n) is 5.19. The minimum atomic E-state index is -0.662. The second-order valence-corrected chi connectivity index (χ2v) is 6.23. The third-order valence-corrected chi connectivity index (χ3v) is 4.27. The number of benzene rings is 2. The molecule has 128 valence electrons. The first-order chi connectivity index (χ1) is 12.1. The van der Waals surface area contributed by atoms with Crippen LogP contribution in [0.1, 0.15) is 18.9 Å². The van der Waals surface area contributed by atoms with E-state index >= 15 is 0 Å². The van der Waals surface area contributed by atoms with Crippen molar-refractivity contribution in [1.82, 2.24) is 10.2 Å². The van der Waals surface area contributed by atoms with E-state index in [1.54, 1.807) is 19.1 Å². The molecule has 1 atom stereocenters. The summed E-state index contributed by atoms with van der Waals surface area (Å²) in [5.41, 5.74) is 0.596. The highest BCUT2D eigenvalue weighted by Crippen LogP contribution is 2.23. The number of ether oxygens (including phenoxy) is 1. The lowest BCUT2D eigenvalue weighted by atomic mass is 10.2. The molecule has 3 aromatic rings. The zero-order valence-corrected chi connectivity index (χ0v) is 14.2. The van der Waals surface area contributed by atoms with Gasteiger partial charge in [0.05, 0.1) is 5.75 Å². The standard InChI is InChI=1S/C18H15FN2O3S/c1-12(23-16(22)11-25-15-5-3-2-4-6-15)17-20-21-18(24-17)13-7-9-14(19)10-8-13/h2-10,12H,11H2,1H3/t12-/m0/s1. The fraction of sp³-hybridized carbons (Fsp3) is 0.167. The van der Waals surface area contributed by atoms with Crippen molar-refractivity contribution >= 4 is 17.7 Å². The first-order valence-corrected chi connectivity index (χ1v) is 8.57. The summed E-state index contributed by atoms with van der Waals surface area (Å²) in [6.07, 6.45) is -0.662. The number of thioether (sulfide) groups is 1. The summed E-state index contributed by atoms with van der Waals surface area (Å²) in [4.78, 5) is 12.9. The van der Waals surface area contributed by atoms with Gasteiger partial charge in [-0.1, -0.05) is 18.2 Å². The molecule has 1 heterocycles. The molecule has 0 saturated heterocycles. The number of aromatic nitrogens is 2. The Bertz CT molecular complexity index is 837. The number of esters is 1. The highest BCUT2D eigenvalue weighted by atomic mass is 32.2. The molecule has 0 saturated carbocycles. The Morgan fingerprint density at radius 1 is 1.16 bits per heavy atom. The summed E-state index contributed by atoms with van der Waals surface area (Å²) < 4.78 is 23.8. The van der Waals surface area contributed by atoms with Crippen LogP contribution in [0.15, 0.2) is 63.9 Å². The fourth-order valence-corrected chi connectivity index (χ4v) is 2.75. The zero-order valence-electron chi connectivity index (χ0n) is 13.4. The van der Waals surface area contributed by atoms with Gasteiger partial charge >= 0.3 is 5.97 Å². The van der Waals surface area contributed by atoms with Crippen molar-refractivity contribution in [1.29, 1.82) is 0 Å². The SMILES string of the molecule is C[C@H](OC(=O)CSc1ccccc1)c1nnc(-c2ccc(F)cc2)o1. The van der Waals surface area contributed by atoms with Crippen molar-refractivity contribution in [3.63, 3.8) is 0 Å². The molecule has 2 aromatic carbocycles. The lowest BCUT2D eigenvalue weighted by molar-refractivity contribution is -0.146. The Morgan fingerprint density at radius 3 is 2.60 bits per heavy atom. The topological polar surface area (TPSA) is 65.2 Å². The summed E-state index contributed by atoms with van der Waals surface area (Å²) >= 11 is 1.39. The Balaban J connectivity index is 1.57. The Kier molecular flexibility index (Phi) is 5.45. The summed E-state index contributed by atoms with van der Waals surface area (Å²) in [5, 5.41) is 7.79. The van der Waals surface area contributed by atoms with Crippen molar-refractivity contribution < 1.29 is 18.3 Å². The van der Waals surface area contributed by atoms with E-state index in [4.69, 9.17) is 9.15 Å². The number of rotatable bonds is 6. The predicted octanol–water partition coefficient (Wildman–Crippen LogP) is 4.27. The van der Waals surface area contributed by atoms with E-state index in [1.807, 2.05) is 30.3 Å². The maximum absolute atomic E-state index is 12.9. The molecule has 0 aliphatic rings. The van der Waals surface area contributed by atoms with Crippen LogP contribution in [-0.4, -0.2) is 21.9 Å². The average molecular weight is 358 g/mol. The van der Waals surface area contributed by atoms with Crippen LogP contribution in [0.4, 0.5) is 4.39 Å². The third-order valence-electron chi connectivity index (χ3n) is 3.29. The molecular weight excluding hydrogens is 343 g/mol. The first-order valence-electron chi connectivity index (χ1n) is 7.58. The molecule has 0 spiro atoms. The molecule has 0 bridgehead atoms. The summed E-state index contributed by atoms with van der Waals surface area (Å²) in [6, 6.07) is 15.3. The molecule has 25 heavy (non-hydrogen) atoms. The molecule has 0 aliphatic carbocycles. The van der Waals surface area contributed by atoms with Gasteiger partial charge in [-0.25, -0.2) is 4.39 Å². The number of nitrogens with zero attached hydrogens (tertiary/aromatic N) is 2.